The van der Waals surface area contributed by atoms with E-state index in [1.807, 2.05) is 9.80 Å². The molecule has 0 radical (unpaired) electrons. The third-order valence-electron chi connectivity index (χ3n) is 4.97. The molecule has 0 N–H and O–H groups in total. The van der Waals surface area contributed by atoms with Crippen LogP contribution < -0.4 is 4.90 Å². The Labute approximate surface area is 147 Å². The molecule has 3 rings (SSSR count). The van der Waals surface area contributed by atoms with Crippen molar-refractivity contribution in [3.63, 3.8) is 0 Å². The van der Waals surface area contributed by atoms with Gasteiger partial charge in [-0.15, -0.1) is 0 Å². The van der Waals surface area contributed by atoms with Gasteiger partial charge in [-0.05, 0) is 12.8 Å². The number of hydrogen-bond donors (Lipinski definition) is 0. The van der Waals surface area contributed by atoms with Crippen molar-refractivity contribution in [2.24, 2.45) is 0 Å². The second-order valence-corrected chi connectivity index (χ2v) is 6.58. The molecule has 1 aromatic rings. The summed E-state index contributed by atoms with van der Waals surface area (Å²) in [5.74, 6) is 1.18. The lowest BCUT2D eigenvalue weighted by atomic mass is 10.1. The first-order valence-corrected chi connectivity index (χ1v) is 8.76. The van der Waals surface area contributed by atoms with Crippen molar-refractivity contribution < 1.29 is 13.9 Å². The van der Waals surface area contributed by atoms with Gasteiger partial charge in [0.25, 0.3) is 0 Å². The number of nitriles is 1. The van der Waals surface area contributed by atoms with E-state index in [1.165, 1.54) is 0 Å². The van der Waals surface area contributed by atoms with Crippen LogP contribution in [0.15, 0.2) is 4.42 Å². The summed E-state index contributed by atoms with van der Waals surface area (Å²) in [7, 11) is 1.75. The molecular formula is C17H25N5O3. The fourth-order valence-electron chi connectivity index (χ4n) is 3.46. The van der Waals surface area contributed by atoms with Crippen molar-refractivity contribution in [2.45, 2.75) is 25.9 Å². The van der Waals surface area contributed by atoms with Gasteiger partial charge < -0.3 is 19.0 Å². The van der Waals surface area contributed by atoms with Gasteiger partial charge in [0.2, 0.25) is 17.5 Å². The molecule has 0 bridgehead atoms. The van der Waals surface area contributed by atoms with E-state index < -0.39 is 0 Å². The molecular weight excluding hydrogens is 322 g/mol. The minimum absolute atomic E-state index is 0.171. The molecule has 0 aromatic carbocycles. The monoisotopic (exact) mass is 347 g/mol. The van der Waals surface area contributed by atoms with Gasteiger partial charge in [-0.2, -0.15) is 5.26 Å². The minimum atomic E-state index is 0.171. The molecule has 2 aliphatic rings. The lowest BCUT2D eigenvalue weighted by molar-refractivity contribution is -0.133. The maximum Gasteiger partial charge on any atom is 0.236 e. The number of nitrogens with zero attached hydrogens (tertiary/aromatic N) is 5. The average molecular weight is 347 g/mol. The molecule has 8 nitrogen and oxygen atoms in total. The van der Waals surface area contributed by atoms with Crippen LogP contribution in [0.5, 0.6) is 0 Å². The second kappa shape index (κ2) is 7.85. The first kappa shape index (κ1) is 17.7. The Hall–Kier alpha value is -2.11. The highest BCUT2D eigenvalue weighted by Crippen LogP contribution is 2.22. The molecule has 0 spiro atoms. The van der Waals surface area contributed by atoms with Crippen molar-refractivity contribution in [3.8, 4) is 6.07 Å². The molecule has 25 heavy (non-hydrogen) atoms. The number of aryl methyl sites for hydroxylation is 1. The molecule has 0 saturated carbocycles. The van der Waals surface area contributed by atoms with Gasteiger partial charge in [-0.25, -0.2) is 4.98 Å². The number of piperidine rings is 1. The summed E-state index contributed by atoms with van der Waals surface area (Å²) < 4.78 is 10.9. The van der Waals surface area contributed by atoms with Gasteiger partial charge in [0.15, 0.2) is 5.89 Å². The predicted octanol–water partition coefficient (Wildman–Crippen LogP) is 0.614. The molecule has 3 heterocycles. The molecule has 8 heteroatoms. The van der Waals surface area contributed by atoms with E-state index in [4.69, 9.17) is 14.4 Å². The van der Waals surface area contributed by atoms with E-state index in [0.717, 1.165) is 25.9 Å². The molecule has 2 aliphatic heterocycles. The van der Waals surface area contributed by atoms with Gasteiger partial charge in [-0.1, -0.05) is 0 Å². The fraction of sp³-hybridized carbons (Fsp3) is 0.706. The van der Waals surface area contributed by atoms with Crippen molar-refractivity contribution in [2.75, 3.05) is 57.8 Å². The standard InChI is InChI=1S/C17H25N5O3/c1-13-19-15(11-18)17(25-13)22-9-7-21(8-10-22)16(23)12-20-5-3-14(24-2)4-6-20/h14H,3-10,12H2,1-2H3. The summed E-state index contributed by atoms with van der Waals surface area (Å²) in [5, 5.41) is 9.14. The average Bonchev–Trinajstić information content (AvgIpc) is 3.03. The number of anilines is 1. The first-order chi connectivity index (χ1) is 12.1. The summed E-state index contributed by atoms with van der Waals surface area (Å²) in [6, 6.07) is 2.07. The van der Waals surface area contributed by atoms with Crippen LogP contribution in [-0.2, 0) is 9.53 Å². The quantitative estimate of drug-likeness (QED) is 0.789. The van der Waals surface area contributed by atoms with Crippen LogP contribution in [0, 0.1) is 18.3 Å². The molecule has 0 aliphatic carbocycles. The van der Waals surface area contributed by atoms with Crippen molar-refractivity contribution >= 4 is 11.8 Å². The number of hydrogen-bond acceptors (Lipinski definition) is 7. The summed E-state index contributed by atoms with van der Waals surface area (Å²) in [4.78, 5) is 22.7. The topological polar surface area (TPSA) is 85.8 Å². The van der Waals surface area contributed by atoms with E-state index in [9.17, 15) is 4.79 Å². The van der Waals surface area contributed by atoms with E-state index in [2.05, 4.69) is 16.0 Å². The van der Waals surface area contributed by atoms with Crippen LogP contribution in [0.4, 0.5) is 5.88 Å². The van der Waals surface area contributed by atoms with Crippen LogP contribution in [0.3, 0.4) is 0 Å². The number of methoxy groups -OCH3 is 1. The Kier molecular flexibility index (Phi) is 5.56. The Morgan fingerprint density at radius 2 is 1.96 bits per heavy atom. The largest absolute Gasteiger partial charge is 0.424 e. The van der Waals surface area contributed by atoms with Crippen molar-refractivity contribution in [1.82, 2.24) is 14.8 Å². The van der Waals surface area contributed by atoms with Crippen molar-refractivity contribution in [1.29, 1.82) is 5.26 Å². The van der Waals surface area contributed by atoms with Gasteiger partial charge in [0, 0.05) is 53.3 Å². The summed E-state index contributed by atoms with van der Waals surface area (Å²) in [6.07, 6.45) is 2.30. The fourth-order valence-corrected chi connectivity index (χ4v) is 3.46. The lowest BCUT2D eigenvalue weighted by Crippen LogP contribution is -2.52. The number of ether oxygens (including phenoxy) is 1. The zero-order chi connectivity index (χ0) is 17.8. The molecule has 0 atom stereocenters. The molecule has 136 valence electrons. The lowest BCUT2D eigenvalue weighted by Gasteiger charge is -2.36. The Bertz CT molecular complexity index is 637. The van der Waals surface area contributed by atoms with E-state index >= 15 is 0 Å². The predicted molar refractivity (Wildman–Crippen MR) is 91.2 cm³/mol. The molecule has 0 unspecified atom stereocenters. The number of carbonyl (C=O) groups is 1. The number of aromatic nitrogens is 1. The molecule has 1 aromatic heterocycles. The number of oxazole rings is 1. The van der Waals surface area contributed by atoms with E-state index in [-0.39, 0.29) is 5.91 Å². The highest BCUT2D eigenvalue weighted by molar-refractivity contribution is 5.78. The Morgan fingerprint density at radius 1 is 1.28 bits per heavy atom. The number of rotatable bonds is 4. The minimum Gasteiger partial charge on any atom is -0.424 e. The van der Waals surface area contributed by atoms with E-state index in [0.29, 0.717) is 56.3 Å². The van der Waals surface area contributed by atoms with Gasteiger partial charge in [0.05, 0.1) is 12.6 Å². The molecule has 2 fully saturated rings. The highest BCUT2D eigenvalue weighted by Gasteiger charge is 2.27. The van der Waals surface area contributed by atoms with E-state index in [1.54, 1.807) is 14.0 Å². The van der Waals surface area contributed by atoms with Gasteiger partial charge >= 0.3 is 0 Å². The zero-order valence-electron chi connectivity index (χ0n) is 14.9. The van der Waals surface area contributed by atoms with Crippen LogP contribution in [0.2, 0.25) is 0 Å². The number of likely N-dealkylation sites (tertiary alicyclic amines) is 1. The van der Waals surface area contributed by atoms with Crippen LogP contribution >= 0.6 is 0 Å². The summed E-state index contributed by atoms with van der Waals surface area (Å²) in [5.41, 5.74) is 0.318. The van der Waals surface area contributed by atoms with Gasteiger partial charge in [0.1, 0.15) is 6.07 Å². The molecule has 2 saturated heterocycles. The number of piperazine rings is 1. The van der Waals surface area contributed by atoms with Crippen LogP contribution in [0.1, 0.15) is 24.4 Å². The highest BCUT2D eigenvalue weighted by atomic mass is 16.5. The number of carbonyl (C=O) groups excluding carboxylic acids is 1. The summed E-state index contributed by atoms with van der Waals surface area (Å²) >= 11 is 0. The van der Waals surface area contributed by atoms with Gasteiger partial charge in [-0.3, -0.25) is 9.69 Å². The van der Waals surface area contributed by atoms with Crippen LogP contribution in [-0.4, -0.2) is 79.7 Å². The first-order valence-electron chi connectivity index (χ1n) is 8.76. The van der Waals surface area contributed by atoms with Crippen LogP contribution in [0.25, 0.3) is 0 Å². The molecule has 1 amide bonds. The normalized spacial score (nSPS) is 19.9. The maximum atomic E-state index is 12.5. The Morgan fingerprint density at radius 3 is 2.56 bits per heavy atom. The third kappa shape index (κ3) is 4.11. The third-order valence-corrected chi connectivity index (χ3v) is 4.97. The zero-order valence-corrected chi connectivity index (χ0v) is 14.9. The second-order valence-electron chi connectivity index (χ2n) is 6.58. The summed E-state index contributed by atoms with van der Waals surface area (Å²) in [6.45, 7) is 6.61. The maximum absolute atomic E-state index is 12.5. The van der Waals surface area contributed by atoms with Crippen molar-refractivity contribution in [3.05, 3.63) is 11.6 Å². The SMILES string of the molecule is COC1CCN(CC(=O)N2CCN(c3oc(C)nc3C#N)CC2)CC1. The smallest absolute Gasteiger partial charge is 0.236 e. The number of amides is 1. The Balaban J connectivity index is 1.49.